The molecule has 0 fully saturated rings. The van der Waals surface area contributed by atoms with E-state index in [1.807, 2.05) is 6.07 Å². The first-order valence-corrected chi connectivity index (χ1v) is 7.10. The van der Waals surface area contributed by atoms with Crippen molar-refractivity contribution >= 4 is 15.9 Å². The Balaban J connectivity index is 2.54. The molecular formula is C14H22BrNO. The summed E-state index contributed by atoms with van der Waals surface area (Å²) in [7, 11) is 0. The molecule has 0 saturated heterocycles. The monoisotopic (exact) mass is 299 g/mol. The van der Waals surface area contributed by atoms with Crippen LogP contribution in [0.1, 0.15) is 32.3 Å². The summed E-state index contributed by atoms with van der Waals surface area (Å²) in [5, 5.41) is 3.40. The minimum absolute atomic E-state index is 0.237. The molecule has 0 aromatic heterocycles. The fraction of sp³-hybridized carbons (Fsp3) is 0.571. The van der Waals surface area contributed by atoms with Crippen LogP contribution in [0.25, 0.3) is 0 Å². The highest BCUT2D eigenvalue weighted by Gasteiger charge is 2.09. The van der Waals surface area contributed by atoms with Gasteiger partial charge in [-0.3, -0.25) is 0 Å². The van der Waals surface area contributed by atoms with Crippen molar-refractivity contribution < 1.29 is 4.74 Å². The van der Waals surface area contributed by atoms with E-state index in [-0.39, 0.29) is 6.10 Å². The molecule has 1 unspecified atom stereocenters. The molecule has 1 atom stereocenters. The van der Waals surface area contributed by atoms with E-state index < -0.39 is 0 Å². The van der Waals surface area contributed by atoms with E-state index in [9.17, 15) is 0 Å². The highest BCUT2D eigenvalue weighted by Crippen LogP contribution is 2.26. The molecule has 0 spiro atoms. The maximum absolute atomic E-state index is 5.99. The molecule has 0 heterocycles. The highest BCUT2D eigenvalue weighted by molar-refractivity contribution is 9.10. The van der Waals surface area contributed by atoms with Crippen molar-refractivity contribution in [2.45, 2.75) is 39.7 Å². The summed E-state index contributed by atoms with van der Waals surface area (Å²) in [5.41, 5.74) is 1.24. The molecular weight excluding hydrogens is 278 g/mol. The van der Waals surface area contributed by atoms with Gasteiger partial charge in [0.1, 0.15) is 11.9 Å². The van der Waals surface area contributed by atoms with Crippen LogP contribution in [-0.4, -0.2) is 19.2 Å². The van der Waals surface area contributed by atoms with E-state index in [1.165, 1.54) is 5.56 Å². The predicted octanol–water partition coefficient (Wildman–Crippen LogP) is 3.91. The fourth-order valence-corrected chi connectivity index (χ4v) is 2.18. The zero-order chi connectivity index (χ0) is 12.7. The summed E-state index contributed by atoms with van der Waals surface area (Å²) < 4.78 is 7.02. The SMILES string of the molecule is CCCNCC(CC)Oc1ccc(C)cc1Br. The Kier molecular flexibility index (Phi) is 6.60. The molecule has 1 aromatic carbocycles. The van der Waals surface area contributed by atoms with E-state index in [0.717, 1.165) is 36.2 Å². The van der Waals surface area contributed by atoms with Gasteiger partial charge in [0.05, 0.1) is 4.47 Å². The molecule has 0 radical (unpaired) electrons. The molecule has 0 aliphatic carbocycles. The fourth-order valence-electron chi connectivity index (χ4n) is 1.59. The van der Waals surface area contributed by atoms with Gasteiger partial charge < -0.3 is 10.1 Å². The Morgan fingerprint density at radius 3 is 2.71 bits per heavy atom. The van der Waals surface area contributed by atoms with Crippen molar-refractivity contribution in [3.63, 3.8) is 0 Å². The molecule has 1 N–H and O–H groups in total. The van der Waals surface area contributed by atoms with Crippen molar-refractivity contribution in [1.29, 1.82) is 0 Å². The number of halogens is 1. The van der Waals surface area contributed by atoms with E-state index >= 15 is 0 Å². The Morgan fingerprint density at radius 1 is 1.35 bits per heavy atom. The second-order valence-corrected chi connectivity index (χ2v) is 5.14. The predicted molar refractivity (Wildman–Crippen MR) is 76.7 cm³/mol. The third-order valence-electron chi connectivity index (χ3n) is 2.64. The number of hydrogen-bond donors (Lipinski definition) is 1. The van der Waals surface area contributed by atoms with Gasteiger partial charge in [0.15, 0.2) is 0 Å². The first-order chi connectivity index (χ1) is 8.17. The molecule has 2 nitrogen and oxygen atoms in total. The summed E-state index contributed by atoms with van der Waals surface area (Å²) in [5.74, 6) is 0.931. The van der Waals surface area contributed by atoms with Crippen molar-refractivity contribution in [2.75, 3.05) is 13.1 Å². The first kappa shape index (κ1) is 14.5. The van der Waals surface area contributed by atoms with Crippen molar-refractivity contribution in [1.82, 2.24) is 5.32 Å². The van der Waals surface area contributed by atoms with Gasteiger partial charge >= 0.3 is 0 Å². The second-order valence-electron chi connectivity index (χ2n) is 4.29. The summed E-state index contributed by atoms with van der Waals surface area (Å²) in [6.07, 6.45) is 2.40. The summed E-state index contributed by atoms with van der Waals surface area (Å²) in [4.78, 5) is 0. The molecule has 0 saturated carbocycles. The van der Waals surface area contributed by atoms with Gasteiger partial charge in [-0.15, -0.1) is 0 Å². The molecule has 96 valence electrons. The quantitative estimate of drug-likeness (QED) is 0.771. The van der Waals surface area contributed by atoms with Gasteiger partial charge in [-0.2, -0.15) is 0 Å². The van der Waals surface area contributed by atoms with Crippen molar-refractivity contribution in [3.05, 3.63) is 28.2 Å². The molecule has 0 amide bonds. The molecule has 3 heteroatoms. The summed E-state index contributed by atoms with van der Waals surface area (Å²) in [6, 6.07) is 6.19. The molecule has 0 bridgehead atoms. The number of aryl methyl sites for hydroxylation is 1. The average molecular weight is 300 g/mol. The van der Waals surface area contributed by atoms with Crippen LogP contribution >= 0.6 is 15.9 Å². The normalized spacial score (nSPS) is 12.5. The van der Waals surface area contributed by atoms with Crippen LogP contribution in [-0.2, 0) is 0 Å². The first-order valence-electron chi connectivity index (χ1n) is 6.30. The molecule has 17 heavy (non-hydrogen) atoms. The summed E-state index contributed by atoms with van der Waals surface area (Å²) >= 11 is 3.54. The van der Waals surface area contributed by atoms with E-state index in [4.69, 9.17) is 4.74 Å². The maximum atomic E-state index is 5.99. The molecule has 1 rings (SSSR count). The highest BCUT2D eigenvalue weighted by atomic mass is 79.9. The standard InChI is InChI=1S/C14H22BrNO/c1-4-8-16-10-12(5-2)17-14-7-6-11(3)9-13(14)15/h6-7,9,12,16H,4-5,8,10H2,1-3H3. The van der Waals surface area contributed by atoms with Crippen LogP contribution in [0.2, 0.25) is 0 Å². The van der Waals surface area contributed by atoms with Gasteiger partial charge in [-0.25, -0.2) is 0 Å². The van der Waals surface area contributed by atoms with Crippen molar-refractivity contribution in [3.8, 4) is 5.75 Å². The smallest absolute Gasteiger partial charge is 0.133 e. The van der Waals surface area contributed by atoms with Gasteiger partial charge in [0.2, 0.25) is 0 Å². The Labute approximate surface area is 113 Å². The number of benzene rings is 1. The lowest BCUT2D eigenvalue weighted by atomic mass is 10.2. The largest absolute Gasteiger partial charge is 0.488 e. The van der Waals surface area contributed by atoms with Gasteiger partial charge in [-0.1, -0.05) is 19.9 Å². The van der Waals surface area contributed by atoms with Gasteiger partial charge in [0.25, 0.3) is 0 Å². The molecule has 0 aliphatic rings. The van der Waals surface area contributed by atoms with Crippen LogP contribution in [0, 0.1) is 6.92 Å². The Hall–Kier alpha value is -0.540. The minimum atomic E-state index is 0.237. The lowest BCUT2D eigenvalue weighted by Gasteiger charge is -2.19. The van der Waals surface area contributed by atoms with Crippen LogP contribution in [0.15, 0.2) is 22.7 Å². The van der Waals surface area contributed by atoms with E-state index in [1.54, 1.807) is 0 Å². The third-order valence-corrected chi connectivity index (χ3v) is 3.25. The molecule has 1 aromatic rings. The number of hydrogen-bond acceptors (Lipinski definition) is 2. The Morgan fingerprint density at radius 2 is 2.12 bits per heavy atom. The van der Waals surface area contributed by atoms with Crippen LogP contribution < -0.4 is 10.1 Å². The zero-order valence-electron chi connectivity index (χ0n) is 10.9. The van der Waals surface area contributed by atoms with Gasteiger partial charge in [0, 0.05) is 6.54 Å². The van der Waals surface area contributed by atoms with Crippen LogP contribution in [0.3, 0.4) is 0 Å². The lowest BCUT2D eigenvalue weighted by Crippen LogP contribution is -2.31. The van der Waals surface area contributed by atoms with Gasteiger partial charge in [-0.05, 0) is 59.9 Å². The van der Waals surface area contributed by atoms with E-state index in [2.05, 4.69) is 54.2 Å². The van der Waals surface area contributed by atoms with Crippen LogP contribution in [0.5, 0.6) is 5.75 Å². The van der Waals surface area contributed by atoms with Crippen molar-refractivity contribution in [2.24, 2.45) is 0 Å². The summed E-state index contributed by atoms with van der Waals surface area (Å²) in [6.45, 7) is 8.36. The minimum Gasteiger partial charge on any atom is -0.488 e. The van der Waals surface area contributed by atoms with Crippen LogP contribution in [0.4, 0.5) is 0 Å². The zero-order valence-corrected chi connectivity index (χ0v) is 12.5. The second kappa shape index (κ2) is 7.72. The number of ether oxygens (including phenoxy) is 1. The third kappa shape index (κ3) is 5.09. The topological polar surface area (TPSA) is 21.3 Å². The molecule has 0 aliphatic heterocycles. The number of rotatable bonds is 7. The number of nitrogens with one attached hydrogen (secondary N) is 1. The average Bonchev–Trinajstić information content (AvgIpc) is 2.31. The maximum Gasteiger partial charge on any atom is 0.133 e. The Bertz CT molecular complexity index is 341. The van der Waals surface area contributed by atoms with E-state index in [0.29, 0.717) is 0 Å². The lowest BCUT2D eigenvalue weighted by molar-refractivity contribution is 0.192.